The van der Waals surface area contributed by atoms with Crippen molar-refractivity contribution >= 4 is 17.9 Å². The average molecular weight is 450 g/mol. The van der Waals surface area contributed by atoms with Crippen LogP contribution < -0.4 is 4.90 Å². The number of carbonyl (C=O) groups is 2. The molecule has 1 heterocycles. The Morgan fingerprint density at radius 3 is 2.03 bits per heavy atom. The Morgan fingerprint density at radius 2 is 1.45 bits per heavy atom. The molecule has 0 aromatic heterocycles. The third kappa shape index (κ3) is 5.30. The summed E-state index contributed by atoms with van der Waals surface area (Å²) in [5.74, 6) is -0.574. The summed E-state index contributed by atoms with van der Waals surface area (Å²) in [4.78, 5) is 27.6. The molecule has 1 saturated heterocycles. The molecule has 0 spiro atoms. The van der Waals surface area contributed by atoms with Gasteiger partial charge in [0.1, 0.15) is 19.0 Å². The third-order valence-electron chi connectivity index (χ3n) is 5.22. The van der Waals surface area contributed by atoms with Crippen molar-refractivity contribution in [3.8, 4) is 0 Å². The number of benzene rings is 3. The summed E-state index contributed by atoms with van der Waals surface area (Å²) in [6, 6.07) is 23.5. The molecule has 4 rings (SSSR count). The van der Waals surface area contributed by atoms with Crippen LogP contribution in [0.15, 0.2) is 84.9 Å². The molecule has 0 radical (unpaired) electrons. The number of rotatable bonds is 6. The first-order valence-corrected chi connectivity index (χ1v) is 10.4. The van der Waals surface area contributed by atoms with Gasteiger partial charge in [-0.2, -0.15) is 0 Å². The molecule has 0 saturated carbocycles. The Hall–Kier alpha value is -3.91. The number of ether oxygens (including phenoxy) is 2. The normalized spacial score (nSPS) is 14.2. The van der Waals surface area contributed by atoms with Gasteiger partial charge in [0, 0.05) is 0 Å². The molecular weight excluding hydrogens is 427 g/mol. The molecule has 2 amide bonds. The van der Waals surface area contributed by atoms with E-state index in [-0.39, 0.29) is 32.0 Å². The van der Waals surface area contributed by atoms with Crippen LogP contribution in [0, 0.1) is 5.82 Å². The zero-order chi connectivity index (χ0) is 23.3. The number of anilines is 1. The molecular formula is C25H23FN2O5. The van der Waals surface area contributed by atoms with Crippen LogP contribution in [0.5, 0.6) is 0 Å². The molecule has 0 aliphatic carbocycles. The van der Waals surface area contributed by atoms with Crippen molar-refractivity contribution in [2.24, 2.45) is 0 Å². The van der Waals surface area contributed by atoms with Gasteiger partial charge in [-0.05, 0) is 29.3 Å². The Bertz CT molecular complexity index is 1100. The van der Waals surface area contributed by atoms with E-state index < -0.39 is 23.7 Å². The van der Waals surface area contributed by atoms with Crippen molar-refractivity contribution in [3.05, 3.63) is 102 Å². The summed E-state index contributed by atoms with van der Waals surface area (Å²) in [5.41, 5.74) is -0.0648. The Kier molecular flexibility index (Phi) is 6.55. The lowest BCUT2D eigenvalue weighted by Crippen LogP contribution is -2.73. The van der Waals surface area contributed by atoms with Crippen LogP contribution in [0.1, 0.15) is 11.1 Å². The topological polar surface area (TPSA) is 79.3 Å². The predicted octanol–water partition coefficient (Wildman–Crippen LogP) is 4.31. The number of nitrogens with zero attached hydrogens (tertiary/aromatic N) is 2. The molecule has 7 nitrogen and oxygen atoms in total. The van der Waals surface area contributed by atoms with Gasteiger partial charge in [-0.25, -0.2) is 18.9 Å². The van der Waals surface area contributed by atoms with Crippen LogP contribution in [0.4, 0.5) is 19.7 Å². The van der Waals surface area contributed by atoms with E-state index in [0.717, 1.165) is 22.1 Å². The van der Waals surface area contributed by atoms with E-state index in [1.54, 1.807) is 12.1 Å². The monoisotopic (exact) mass is 450 g/mol. The standard InChI is InChI=1S/C25H23FN2O5/c26-21-12-7-13-22(14-21)28(24(30)33-16-20-10-5-2-6-11-20)25(31)17-27(18-25)23(29)32-15-19-8-3-1-4-9-19/h1-14,31H,15-18H2. The van der Waals surface area contributed by atoms with Gasteiger partial charge in [0.05, 0.1) is 18.8 Å². The first kappa shape index (κ1) is 22.3. The molecule has 33 heavy (non-hydrogen) atoms. The van der Waals surface area contributed by atoms with E-state index >= 15 is 0 Å². The molecule has 1 N–H and O–H groups in total. The molecule has 1 aliphatic rings. The molecule has 3 aromatic rings. The number of hydrogen-bond acceptors (Lipinski definition) is 5. The van der Waals surface area contributed by atoms with Crippen LogP contribution in [0.25, 0.3) is 0 Å². The minimum Gasteiger partial charge on any atom is -0.445 e. The Labute approximate surface area is 190 Å². The molecule has 0 atom stereocenters. The molecule has 3 aromatic carbocycles. The largest absolute Gasteiger partial charge is 0.445 e. The fourth-order valence-corrected chi connectivity index (χ4v) is 3.56. The average Bonchev–Trinajstić information content (AvgIpc) is 2.81. The lowest BCUT2D eigenvalue weighted by molar-refractivity contribution is -0.0882. The summed E-state index contributed by atoms with van der Waals surface area (Å²) in [5, 5.41) is 11.1. The van der Waals surface area contributed by atoms with E-state index in [2.05, 4.69) is 0 Å². The van der Waals surface area contributed by atoms with E-state index in [1.807, 2.05) is 48.5 Å². The molecule has 0 unspecified atom stereocenters. The van der Waals surface area contributed by atoms with Crippen LogP contribution in [-0.4, -0.2) is 41.0 Å². The van der Waals surface area contributed by atoms with E-state index in [4.69, 9.17) is 9.47 Å². The molecule has 0 bridgehead atoms. The highest BCUT2D eigenvalue weighted by atomic mass is 19.1. The summed E-state index contributed by atoms with van der Waals surface area (Å²) in [6.45, 7) is -0.360. The number of β-amino-alcohol motifs (C(OH)–C–C–N with tert-alkyl or cyclic N) is 1. The summed E-state index contributed by atoms with van der Waals surface area (Å²) >= 11 is 0. The van der Waals surface area contributed by atoms with E-state index in [0.29, 0.717) is 0 Å². The van der Waals surface area contributed by atoms with Crippen LogP contribution in [-0.2, 0) is 22.7 Å². The van der Waals surface area contributed by atoms with Crippen molar-refractivity contribution in [1.82, 2.24) is 4.90 Å². The van der Waals surface area contributed by atoms with Crippen molar-refractivity contribution in [2.75, 3.05) is 18.0 Å². The number of hydrogen-bond donors (Lipinski definition) is 1. The number of aliphatic hydroxyl groups is 1. The molecule has 1 fully saturated rings. The Balaban J connectivity index is 1.44. The van der Waals surface area contributed by atoms with Crippen molar-refractivity contribution < 1.29 is 28.6 Å². The second kappa shape index (κ2) is 9.70. The van der Waals surface area contributed by atoms with Crippen molar-refractivity contribution in [3.63, 3.8) is 0 Å². The van der Waals surface area contributed by atoms with Crippen LogP contribution in [0.2, 0.25) is 0 Å². The highest BCUT2D eigenvalue weighted by Gasteiger charge is 2.52. The minimum atomic E-state index is -1.77. The quantitative estimate of drug-likeness (QED) is 0.566. The Morgan fingerprint density at radius 1 is 0.879 bits per heavy atom. The summed E-state index contributed by atoms with van der Waals surface area (Å²) < 4.78 is 24.5. The molecule has 1 aliphatic heterocycles. The van der Waals surface area contributed by atoms with Gasteiger partial charge in [0.2, 0.25) is 0 Å². The van der Waals surface area contributed by atoms with Gasteiger partial charge in [0.15, 0.2) is 5.72 Å². The number of halogens is 1. The predicted molar refractivity (Wildman–Crippen MR) is 119 cm³/mol. The zero-order valence-corrected chi connectivity index (χ0v) is 17.8. The van der Waals surface area contributed by atoms with Gasteiger partial charge in [-0.15, -0.1) is 0 Å². The summed E-state index contributed by atoms with van der Waals surface area (Å²) in [7, 11) is 0. The number of amides is 2. The summed E-state index contributed by atoms with van der Waals surface area (Å²) in [6.07, 6.45) is -1.48. The maximum atomic E-state index is 13.9. The van der Waals surface area contributed by atoms with Gasteiger partial charge in [-0.1, -0.05) is 66.7 Å². The lowest BCUT2D eigenvalue weighted by Gasteiger charge is -2.50. The van der Waals surface area contributed by atoms with Gasteiger partial charge >= 0.3 is 12.2 Å². The van der Waals surface area contributed by atoms with Crippen LogP contribution in [0.3, 0.4) is 0 Å². The van der Waals surface area contributed by atoms with Crippen molar-refractivity contribution in [2.45, 2.75) is 18.9 Å². The SMILES string of the molecule is O=C(OCc1ccccc1)N1CC(O)(N(C(=O)OCc2ccccc2)c2cccc(F)c2)C1. The molecule has 170 valence electrons. The van der Waals surface area contributed by atoms with E-state index in [1.165, 1.54) is 23.1 Å². The second-order valence-electron chi connectivity index (χ2n) is 7.73. The zero-order valence-electron chi connectivity index (χ0n) is 17.8. The van der Waals surface area contributed by atoms with Gasteiger partial charge in [-0.3, -0.25) is 4.90 Å². The third-order valence-corrected chi connectivity index (χ3v) is 5.22. The first-order valence-electron chi connectivity index (χ1n) is 10.4. The number of carbonyl (C=O) groups excluding carboxylic acids is 2. The van der Waals surface area contributed by atoms with Crippen molar-refractivity contribution in [1.29, 1.82) is 0 Å². The number of likely N-dealkylation sites (tertiary alicyclic amines) is 1. The lowest BCUT2D eigenvalue weighted by atomic mass is 10.0. The smallest absolute Gasteiger partial charge is 0.417 e. The van der Waals surface area contributed by atoms with Gasteiger partial charge in [0.25, 0.3) is 0 Å². The van der Waals surface area contributed by atoms with Gasteiger partial charge < -0.3 is 14.6 Å². The first-order chi connectivity index (χ1) is 15.9. The maximum Gasteiger partial charge on any atom is 0.417 e. The molecule has 8 heteroatoms. The fraction of sp³-hybridized carbons (Fsp3) is 0.200. The fourth-order valence-electron chi connectivity index (χ4n) is 3.56. The highest BCUT2D eigenvalue weighted by molar-refractivity contribution is 5.90. The highest BCUT2D eigenvalue weighted by Crippen LogP contribution is 2.32. The minimum absolute atomic E-state index is 0.0234. The maximum absolute atomic E-state index is 13.9. The van der Waals surface area contributed by atoms with E-state index in [9.17, 15) is 19.1 Å². The second-order valence-corrected chi connectivity index (χ2v) is 7.73. The van der Waals surface area contributed by atoms with Crippen LogP contribution >= 0.6 is 0 Å².